The molecule has 0 saturated carbocycles. The Labute approximate surface area is 111 Å². The summed E-state index contributed by atoms with van der Waals surface area (Å²) < 4.78 is 0. The minimum atomic E-state index is 0.447. The molecule has 18 heavy (non-hydrogen) atoms. The Morgan fingerprint density at radius 1 is 1.39 bits per heavy atom. The summed E-state index contributed by atoms with van der Waals surface area (Å²) in [5.41, 5.74) is 2.76. The van der Waals surface area contributed by atoms with E-state index in [1.807, 2.05) is 0 Å². The van der Waals surface area contributed by atoms with Crippen molar-refractivity contribution < 1.29 is 0 Å². The monoisotopic (exact) mass is 247 g/mol. The Balaban J connectivity index is 2.27. The zero-order chi connectivity index (χ0) is 13.1. The molecule has 1 aromatic rings. The normalized spacial score (nSPS) is 23.3. The van der Waals surface area contributed by atoms with Crippen molar-refractivity contribution in [2.75, 3.05) is 40.8 Å². The van der Waals surface area contributed by atoms with E-state index >= 15 is 0 Å². The quantitative estimate of drug-likeness (QED) is 0.873. The van der Waals surface area contributed by atoms with Crippen LogP contribution in [0.2, 0.25) is 0 Å². The summed E-state index contributed by atoms with van der Waals surface area (Å²) in [5, 5.41) is 3.52. The molecule has 1 fully saturated rings. The smallest absolute Gasteiger partial charge is 0.0510 e. The second-order valence-electron chi connectivity index (χ2n) is 5.57. The fourth-order valence-corrected chi connectivity index (χ4v) is 2.90. The number of likely N-dealkylation sites (N-methyl/N-ethyl adjacent to an activating group) is 2. The maximum Gasteiger partial charge on any atom is 0.0510 e. The zero-order valence-corrected chi connectivity index (χ0v) is 12.0. The van der Waals surface area contributed by atoms with Crippen LogP contribution in [-0.4, -0.2) is 56.6 Å². The van der Waals surface area contributed by atoms with Crippen LogP contribution in [0.3, 0.4) is 0 Å². The van der Waals surface area contributed by atoms with E-state index in [1.54, 1.807) is 0 Å². The molecule has 1 saturated heterocycles. The van der Waals surface area contributed by atoms with E-state index in [2.05, 4.69) is 67.4 Å². The average Bonchev–Trinajstić information content (AvgIpc) is 2.32. The van der Waals surface area contributed by atoms with Gasteiger partial charge in [0, 0.05) is 25.7 Å². The molecule has 0 radical (unpaired) electrons. The van der Waals surface area contributed by atoms with Gasteiger partial charge in [-0.1, -0.05) is 29.8 Å². The molecular formula is C15H25N3. The first-order chi connectivity index (χ1) is 8.59. The van der Waals surface area contributed by atoms with Gasteiger partial charge in [0.25, 0.3) is 0 Å². The molecule has 2 rings (SSSR count). The molecule has 2 atom stereocenters. The van der Waals surface area contributed by atoms with Crippen LogP contribution in [0.4, 0.5) is 0 Å². The molecule has 1 heterocycles. The highest BCUT2D eigenvalue weighted by Gasteiger charge is 2.30. The largest absolute Gasteiger partial charge is 0.314 e. The van der Waals surface area contributed by atoms with Crippen molar-refractivity contribution >= 4 is 0 Å². The van der Waals surface area contributed by atoms with E-state index in [1.165, 1.54) is 11.1 Å². The van der Waals surface area contributed by atoms with Crippen LogP contribution in [0, 0.1) is 6.92 Å². The lowest BCUT2D eigenvalue weighted by molar-refractivity contribution is 0.107. The number of nitrogens with one attached hydrogen (secondary N) is 1. The van der Waals surface area contributed by atoms with Gasteiger partial charge in [0.05, 0.1) is 6.04 Å². The van der Waals surface area contributed by atoms with Gasteiger partial charge in [-0.25, -0.2) is 0 Å². The number of hydrogen-bond donors (Lipinski definition) is 1. The van der Waals surface area contributed by atoms with Gasteiger partial charge >= 0.3 is 0 Å². The number of aryl methyl sites for hydroxylation is 1. The van der Waals surface area contributed by atoms with E-state index in [9.17, 15) is 0 Å². The minimum Gasteiger partial charge on any atom is -0.314 e. The Bertz CT molecular complexity index is 389. The number of piperazine rings is 1. The van der Waals surface area contributed by atoms with Gasteiger partial charge in [0.15, 0.2) is 0 Å². The Morgan fingerprint density at radius 2 is 2.17 bits per heavy atom. The molecular weight excluding hydrogens is 222 g/mol. The molecule has 0 aromatic heterocycles. The molecule has 1 N–H and O–H groups in total. The molecule has 0 amide bonds. The molecule has 0 bridgehead atoms. The van der Waals surface area contributed by atoms with Gasteiger partial charge < -0.3 is 10.2 Å². The van der Waals surface area contributed by atoms with Crippen LogP contribution in [0.1, 0.15) is 17.2 Å². The van der Waals surface area contributed by atoms with Gasteiger partial charge in [0.2, 0.25) is 0 Å². The summed E-state index contributed by atoms with van der Waals surface area (Å²) in [6, 6.07) is 9.88. The highest BCUT2D eigenvalue weighted by Crippen LogP contribution is 2.26. The predicted octanol–water partition coefficient (Wildman–Crippen LogP) is 1.50. The molecule has 1 aromatic carbocycles. The fourth-order valence-electron chi connectivity index (χ4n) is 2.90. The third kappa shape index (κ3) is 2.91. The third-order valence-electron chi connectivity index (χ3n) is 3.87. The van der Waals surface area contributed by atoms with Crippen LogP contribution in [0.5, 0.6) is 0 Å². The molecule has 0 aliphatic carbocycles. The molecule has 3 heteroatoms. The summed E-state index contributed by atoms with van der Waals surface area (Å²) in [5.74, 6) is 0. The lowest BCUT2D eigenvalue weighted by atomic mass is 9.95. The molecule has 0 spiro atoms. The van der Waals surface area contributed by atoms with Crippen molar-refractivity contribution in [3.05, 3.63) is 35.4 Å². The number of benzene rings is 1. The van der Waals surface area contributed by atoms with Crippen molar-refractivity contribution in [3.63, 3.8) is 0 Å². The molecule has 2 unspecified atom stereocenters. The van der Waals surface area contributed by atoms with Crippen LogP contribution < -0.4 is 5.32 Å². The molecule has 100 valence electrons. The highest BCUT2D eigenvalue weighted by molar-refractivity contribution is 5.26. The van der Waals surface area contributed by atoms with Crippen LogP contribution in [-0.2, 0) is 0 Å². The third-order valence-corrected chi connectivity index (χ3v) is 3.87. The van der Waals surface area contributed by atoms with E-state index in [-0.39, 0.29) is 0 Å². The highest BCUT2D eigenvalue weighted by atomic mass is 15.3. The molecule has 1 aliphatic rings. The van der Waals surface area contributed by atoms with Gasteiger partial charge in [-0.3, -0.25) is 4.90 Å². The average molecular weight is 247 g/mol. The van der Waals surface area contributed by atoms with E-state index in [0.29, 0.717) is 12.1 Å². The lowest BCUT2D eigenvalue weighted by Gasteiger charge is -2.41. The zero-order valence-electron chi connectivity index (χ0n) is 12.0. The number of rotatable bonds is 3. The van der Waals surface area contributed by atoms with Crippen LogP contribution in [0.15, 0.2) is 24.3 Å². The van der Waals surface area contributed by atoms with Crippen LogP contribution in [0.25, 0.3) is 0 Å². The van der Waals surface area contributed by atoms with E-state index in [4.69, 9.17) is 0 Å². The summed E-state index contributed by atoms with van der Waals surface area (Å²) in [6.45, 7) is 5.45. The van der Waals surface area contributed by atoms with Crippen molar-refractivity contribution in [1.29, 1.82) is 0 Å². The van der Waals surface area contributed by atoms with E-state index in [0.717, 1.165) is 19.6 Å². The predicted molar refractivity (Wildman–Crippen MR) is 76.9 cm³/mol. The van der Waals surface area contributed by atoms with Gasteiger partial charge in [-0.2, -0.15) is 0 Å². The first kappa shape index (κ1) is 13.5. The topological polar surface area (TPSA) is 18.5 Å². The molecule has 1 aliphatic heterocycles. The number of nitrogens with zero attached hydrogens (tertiary/aromatic N) is 2. The van der Waals surface area contributed by atoms with E-state index < -0.39 is 0 Å². The summed E-state index contributed by atoms with van der Waals surface area (Å²) in [7, 11) is 6.59. The van der Waals surface area contributed by atoms with Gasteiger partial charge in [0.1, 0.15) is 0 Å². The van der Waals surface area contributed by atoms with Crippen molar-refractivity contribution in [2.24, 2.45) is 0 Å². The van der Waals surface area contributed by atoms with Crippen LogP contribution >= 0.6 is 0 Å². The first-order valence-electron chi connectivity index (χ1n) is 6.73. The summed E-state index contributed by atoms with van der Waals surface area (Å²) >= 11 is 0. The second kappa shape index (κ2) is 5.83. The lowest BCUT2D eigenvalue weighted by Crippen LogP contribution is -2.54. The SMILES string of the molecule is Cc1cccc(C(C2CNCCN2C)N(C)C)c1. The Morgan fingerprint density at radius 3 is 2.78 bits per heavy atom. The summed E-state index contributed by atoms with van der Waals surface area (Å²) in [6.07, 6.45) is 0. The van der Waals surface area contributed by atoms with Gasteiger partial charge in [-0.05, 0) is 33.6 Å². The summed E-state index contributed by atoms with van der Waals surface area (Å²) in [4.78, 5) is 4.81. The number of hydrogen-bond acceptors (Lipinski definition) is 3. The maximum atomic E-state index is 3.52. The minimum absolute atomic E-state index is 0.447. The Kier molecular flexibility index (Phi) is 4.38. The fraction of sp³-hybridized carbons (Fsp3) is 0.600. The standard InChI is InChI=1S/C15H25N3/c1-12-6-5-7-13(10-12)15(17(2)3)14-11-16-8-9-18(14)4/h5-7,10,14-16H,8-9,11H2,1-4H3. The first-order valence-corrected chi connectivity index (χ1v) is 6.73. The Hall–Kier alpha value is -0.900. The second-order valence-corrected chi connectivity index (χ2v) is 5.57. The molecule has 3 nitrogen and oxygen atoms in total. The van der Waals surface area contributed by atoms with Crippen molar-refractivity contribution in [2.45, 2.75) is 19.0 Å². The van der Waals surface area contributed by atoms with Crippen molar-refractivity contribution in [3.8, 4) is 0 Å². The van der Waals surface area contributed by atoms with Gasteiger partial charge in [-0.15, -0.1) is 0 Å². The van der Waals surface area contributed by atoms with Crippen molar-refractivity contribution in [1.82, 2.24) is 15.1 Å². The maximum absolute atomic E-state index is 3.52.